The van der Waals surface area contributed by atoms with E-state index in [0.717, 1.165) is 6.54 Å². The van der Waals surface area contributed by atoms with Crippen molar-refractivity contribution < 1.29 is 4.79 Å². The molecule has 0 radical (unpaired) electrons. The molecule has 1 heterocycles. The van der Waals surface area contributed by atoms with Crippen molar-refractivity contribution in [2.45, 2.75) is 79.4 Å². The van der Waals surface area contributed by atoms with Crippen molar-refractivity contribution >= 4 is 5.91 Å². The van der Waals surface area contributed by atoms with Gasteiger partial charge < -0.3 is 4.90 Å². The van der Waals surface area contributed by atoms with Crippen LogP contribution in [-0.4, -0.2) is 29.6 Å². The van der Waals surface area contributed by atoms with E-state index < -0.39 is 0 Å². The Kier molecular flexibility index (Phi) is 5.84. The summed E-state index contributed by atoms with van der Waals surface area (Å²) in [6.07, 6.45) is 5.21. The molecule has 3 heteroatoms. The molecule has 2 unspecified atom stereocenters. The Morgan fingerprint density at radius 2 is 1.95 bits per heavy atom. The number of unbranched alkanes of at least 4 members (excludes halogenated alkanes) is 2. The highest BCUT2D eigenvalue weighted by Gasteiger charge is 2.39. The Labute approximate surface area is 119 Å². The molecule has 1 amide bonds. The van der Waals surface area contributed by atoms with Crippen LogP contribution in [0.1, 0.15) is 67.2 Å². The van der Waals surface area contributed by atoms with Gasteiger partial charge in [-0.15, -0.1) is 0 Å². The second-order valence-electron chi connectivity index (χ2n) is 7.16. The van der Waals surface area contributed by atoms with E-state index in [9.17, 15) is 4.79 Å². The third-order valence-corrected chi connectivity index (χ3v) is 4.10. The second kappa shape index (κ2) is 6.74. The zero-order valence-corrected chi connectivity index (χ0v) is 13.6. The smallest absolute Gasteiger partial charge is 0.240 e. The van der Waals surface area contributed by atoms with Gasteiger partial charge in [0.05, 0.1) is 12.2 Å². The van der Waals surface area contributed by atoms with E-state index >= 15 is 0 Å². The van der Waals surface area contributed by atoms with Gasteiger partial charge in [-0.05, 0) is 24.7 Å². The molecule has 112 valence electrons. The number of nitrogens with one attached hydrogen (secondary N) is 1. The van der Waals surface area contributed by atoms with E-state index in [1.54, 1.807) is 0 Å². The van der Waals surface area contributed by atoms with Crippen LogP contribution >= 0.6 is 0 Å². The molecule has 0 saturated carbocycles. The first kappa shape index (κ1) is 16.5. The first-order valence-corrected chi connectivity index (χ1v) is 7.85. The van der Waals surface area contributed by atoms with E-state index in [1.807, 2.05) is 6.92 Å². The summed E-state index contributed by atoms with van der Waals surface area (Å²) in [6, 6.07) is -0.0289. The molecule has 0 bridgehead atoms. The van der Waals surface area contributed by atoms with Crippen molar-refractivity contribution in [3.05, 3.63) is 0 Å². The Balaban J connectivity index is 2.64. The summed E-state index contributed by atoms with van der Waals surface area (Å²) >= 11 is 0. The van der Waals surface area contributed by atoms with E-state index in [1.165, 1.54) is 25.7 Å². The van der Waals surface area contributed by atoms with E-state index in [4.69, 9.17) is 0 Å². The minimum Gasteiger partial charge on any atom is -0.325 e. The van der Waals surface area contributed by atoms with Crippen LogP contribution in [0.4, 0.5) is 0 Å². The lowest BCUT2D eigenvalue weighted by Crippen LogP contribution is -2.45. The lowest BCUT2D eigenvalue weighted by molar-refractivity contribution is -0.131. The van der Waals surface area contributed by atoms with E-state index in [0.29, 0.717) is 5.92 Å². The Morgan fingerprint density at radius 3 is 2.47 bits per heavy atom. The van der Waals surface area contributed by atoms with Crippen molar-refractivity contribution in [3.8, 4) is 0 Å². The first-order chi connectivity index (χ1) is 8.78. The van der Waals surface area contributed by atoms with Crippen molar-refractivity contribution in [2.24, 2.45) is 11.3 Å². The van der Waals surface area contributed by atoms with E-state index in [-0.39, 0.29) is 23.5 Å². The maximum absolute atomic E-state index is 12.3. The van der Waals surface area contributed by atoms with Gasteiger partial charge in [0.2, 0.25) is 5.91 Å². The van der Waals surface area contributed by atoms with E-state index in [2.05, 4.69) is 44.8 Å². The molecule has 0 aromatic heterocycles. The molecular formula is C16H32N2O. The van der Waals surface area contributed by atoms with Gasteiger partial charge in [0, 0.05) is 6.54 Å². The number of carbonyl (C=O) groups is 1. The van der Waals surface area contributed by atoms with Crippen LogP contribution in [0.15, 0.2) is 0 Å². The summed E-state index contributed by atoms with van der Waals surface area (Å²) in [4.78, 5) is 14.4. The number of nitrogens with zero attached hydrogens (tertiary/aromatic N) is 1. The van der Waals surface area contributed by atoms with Crippen LogP contribution in [0.5, 0.6) is 0 Å². The predicted molar refractivity (Wildman–Crippen MR) is 80.9 cm³/mol. The van der Waals surface area contributed by atoms with Gasteiger partial charge in [-0.25, -0.2) is 0 Å². The number of rotatable bonds is 7. The molecule has 0 aromatic rings. The monoisotopic (exact) mass is 268 g/mol. The van der Waals surface area contributed by atoms with Gasteiger partial charge in [-0.3, -0.25) is 10.1 Å². The first-order valence-electron chi connectivity index (χ1n) is 7.85. The van der Waals surface area contributed by atoms with Crippen LogP contribution in [0.25, 0.3) is 0 Å². The van der Waals surface area contributed by atoms with Gasteiger partial charge in [-0.2, -0.15) is 0 Å². The predicted octanol–water partition coefficient (Wildman–Crippen LogP) is 3.40. The van der Waals surface area contributed by atoms with Crippen molar-refractivity contribution in [1.82, 2.24) is 10.2 Å². The van der Waals surface area contributed by atoms with Crippen LogP contribution in [-0.2, 0) is 4.79 Å². The normalized spacial score (nSPS) is 24.6. The minimum atomic E-state index is -0.0289. The van der Waals surface area contributed by atoms with Crippen LogP contribution < -0.4 is 5.32 Å². The molecule has 19 heavy (non-hydrogen) atoms. The Bertz CT molecular complexity index is 299. The molecule has 0 spiro atoms. The number of hydrogen-bond acceptors (Lipinski definition) is 2. The summed E-state index contributed by atoms with van der Waals surface area (Å²) < 4.78 is 0. The molecule has 0 aromatic carbocycles. The molecule has 1 fully saturated rings. The molecule has 0 aliphatic carbocycles. The maximum atomic E-state index is 12.3. The molecule has 1 aliphatic heterocycles. The largest absolute Gasteiger partial charge is 0.325 e. The van der Waals surface area contributed by atoms with Gasteiger partial charge in [0.15, 0.2) is 0 Å². The lowest BCUT2D eigenvalue weighted by Gasteiger charge is -2.35. The third kappa shape index (κ3) is 4.48. The highest BCUT2D eigenvalue weighted by atomic mass is 16.2. The molecule has 1 N–H and O–H groups in total. The molecule has 1 aliphatic rings. The number of amides is 1. The van der Waals surface area contributed by atoms with Crippen molar-refractivity contribution in [3.63, 3.8) is 0 Å². The minimum absolute atomic E-state index is 0.0289. The van der Waals surface area contributed by atoms with Crippen molar-refractivity contribution in [1.29, 1.82) is 0 Å². The van der Waals surface area contributed by atoms with Crippen LogP contribution in [0.3, 0.4) is 0 Å². The Morgan fingerprint density at radius 1 is 1.32 bits per heavy atom. The molecule has 3 nitrogen and oxygen atoms in total. The lowest BCUT2D eigenvalue weighted by atomic mass is 9.86. The number of hydrogen-bond donors (Lipinski definition) is 1. The summed E-state index contributed by atoms with van der Waals surface area (Å²) in [6.45, 7) is 14.0. The maximum Gasteiger partial charge on any atom is 0.240 e. The van der Waals surface area contributed by atoms with Crippen LogP contribution in [0, 0.1) is 11.3 Å². The molecule has 1 saturated heterocycles. The zero-order valence-electron chi connectivity index (χ0n) is 13.6. The second-order valence-corrected chi connectivity index (χ2v) is 7.16. The zero-order chi connectivity index (χ0) is 14.6. The fraction of sp³-hybridized carbons (Fsp3) is 0.938. The summed E-state index contributed by atoms with van der Waals surface area (Å²) in [7, 11) is 0. The standard InChI is InChI=1S/C16H32N2O/c1-7-8-9-10-16(5,6)11-18-14(12(2)3)17-13(4)15(18)19/h12-14,17H,7-11H2,1-6H3. The topological polar surface area (TPSA) is 32.3 Å². The van der Waals surface area contributed by atoms with Gasteiger partial charge in [0.25, 0.3) is 0 Å². The summed E-state index contributed by atoms with van der Waals surface area (Å²) in [5, 5.41) is 3.42. The average Bonchev–Trinajstić information content (AvgIpc) is 2.57. The van der Waals surface area contributed by atoms with Gasteiger partial charge >= 0.3 is 0 Å². The summed E-state index contributed by atoms with van der Waals surface area (Å²) in [5.74, 6) is 0.725. The highest BCUT2D eigenvalue weighted by Crippen LogP contribution is 2.29. The van der Waals surface area contributed by atoms with Crippen LogP contribution in [0.2, 0.25) is 0 Å². The SMILES string of the molecule is CCCCCC(C)(C)CN1C(=O)C(C)NC1C(C)C. The van der Waals surface area contributed by atoms with Gasteiger partial charge in [0.1, 0.15) is 0 Å². The average molecular weight is 268 g/mol. The molecule has 2 atom stereocenters. The number of carbonyl (C=O) groups excluding carboxylic acids is 1. The highest BCUT2D eigenvalue weighted by molar-refractivity contribution is 5.84. The quantitative estimate of drug-likeness (QED) is 0.718. The molecular weight excluding hydrogens is 236 g/mol. The van der Waals surface area contributed by atoms with Crippen molar-refractivity contribution in [2.75, 3.05) is 6.54 Å². The third-order valence-electron chi connectivity index (χ3n) is 4.10. The fourth-order valence-corrected chi connectivity index (χ4v) is 2.93. The van der Waals surface area contributed by atoms with Gasteiger partial charge in [-0.1, -0.05) is 53.9 Å². The summed E-state index contributed by atoms with van der Waals surface area (Å²) in [5.41, 5.74) is 0.212. The molecule has 1 rings (SSSR count). The fourth-order valence-electron chi connectivity index (χ4n) is 2.93. The Hall–Kier alpha value is -0.570.